The molecule has 0 saturated heterocycles. The minimum atomic E-state index is -0.207. The lowest BCUT2D eigenvalue weighted by molar-refractivity contribution is -0.117. The summed E-state index contributed by atoms with van der Waals surface area (Å²) in [5.74, 6) is 0.330. The Labute approximate surface area is 184 Å². The molecule has 29 heavy (non-hydrogen) atoms. The number of nitrogens with zero attached hydrogens (tertiary/aromatic N) is 2. The molecule has 2 aromatic carbocycles. The van der Waals surface area contributed by atoms with Gasteiger partial charge in [0, 0.05) is 11.4 Å². The first-order chi connectivity index (χ1) is 14.1. The maximum absolute atomic E-state index is 12.6. The zero-order valence-electron chi connectivity index (χ0n) is 15.9. The topological polar surface area (TPSA) is 64.1 Å². The third kappa shape index (κ3) is 6.16. The van der Waals surface area contributed by atoms with Crippen molar-refractivity contribution in [1.29, 1.82) is 0 Å². The van der Waals surface area contributed by atoms with E-state index in [9.17, 15) is 4.79 Å². The maximum atomic E-state index is 12.6. The lowest BCUT2D eigenvalue weighted by Crippen LogP contribution is -2.20. The number of halogens is 2. The smallest absolute Gasteiger partial charge is 0.233 e. The fourth-order valence-corrected chi connectivity index (χ4v) is 4.10. The van der Waals surface area contributed by atoms with E-state index < -0.39 is 0 Å². The van der Waals surface area contributed by atoms with Crippen LogP contribution >= 0.6 is 34.5 Å². The number of ether oxygens (including phenoxy) is 1. The summed E-state index contributed by atoms with van der Waals surface area (Å²) in [6, 6.07) is 14.9. The molecule has 0 fully saturated rings. The second-order valence-corrected chi connectivity index (χ2v) is 8.29. The van der Waals surface area contributed by atoms with Crippen molar-refractivity contribution in [3.8, 4) is 5.75 Å². The molecule has 0 bridgehead atoms. The molecular weight excluding hydrogens is 429 g/mol. The number of nitrogens with one attached hydrogen (secondary N) is 1. The summed E-state index contributed by atoms with van der Waals surface area (Å²) in [5.41, 5.74) is 0.996. The van der Waals surface area contributed by atoms with Gasteiger partial charge >= 0.3 is 0 Å². The van der Waals surface area contributed by atoms with Crippen LogP contribution in [0.1, 0.15) is 36.3 Å². The molecule has 5 nitrogen and oxygen atoms in total. The zero-order chi connectivity index (χ0) is 20.6. The van der Waals surface area contributed by atoms with Gasteiger partial charge in [0.2, 0.25) is 11.0 Å². The molecule has 3 rings (SSSR count). The number of amides is 1. The second-order valence-electron chi connectivity index (χ2n) is 6.39. The van der Waals surface area contributed by atoms with Crippen molar-refractivity contribution >= 4 is 45.6 Å². The molecule has 0 aliphatic carbocycles. The summed E-state index contributed by atoms with van der Waals surface area (Å²) >= 11 is 13.3. The summed E-state index contributed by atoms with van der Waals surface area (Å²) in [5, 5.41) is 13.6. The molecule has 1 N–H and O–H groups in total. The van der Waals surface area contributed by atoms with Crippen LogP contribution in [0.15, 0.2) is 48.5 Å². The maximum Gasteiger partial charge on any atom is 0.233 e. The Morgan fingerprint density at radius 3 is 2.69 bits per heavy atom. The van der Waals surface area contributed by atoms with Gasteiger partial charge in [-0.15, -0.1) is 10.2 Å². The van der Waals surface area contributed by atoms with Crippen molar-refractivity contribution in [2.45, 2.75) is 32.1 Å². The third-order valence-electron chi connectivity index (χ3n) is 4.31. The predicted molar refractivity (Wildman–Crippen MR) is 118 cm³/mol. The van der Waals surface area contributed by atoms with Crippen LogP contribution in [0.2, 0.25) is 10.0 Å². The highest BCUT2D eigenvalue weighted by atomic mass is 35.5. The van der Waals surface area contributed by atoms with Crippen molar-refractivity contribution in [3.05, 3.63) is 69.1 Å². The van der Waals surface area contributed by atoms with Gasteiger partial charge in [-0.1, -0.05) is 71.8 Å². The van der Waals surface area contributed by atoms with Crippen LogP contribution in [-0.2, 0) is 11.2 Å². The molecule has 0 radical (unpaired) electrons. The SMILES string of the molecule is CCC(C(=O)Nc1nnc(CCCOc2ccc(Cl)cc2Cl)s1)c1ccccc1. The minimum absolute atomic E-state index is 0.0675. The average molecular weight is 450 g/mol. The van der Waals surface area contributed by atoms with Crippen LogP contribution < -0.4 is 10.1 Å². The standard InChI is InChI=1S/C21H21Cl2N3O2S/c1-2-16(14-7-4-3-5-8-14)20(27)24-21-26-25-19(29-21)9-6-12-28-18-11-10-15(22)13-17(18)23/h3-5,7-8,10-11,13,16H,2,6,9,12H2,1H3,(H,24,26,27). The first-order valence-corrected chi connectivity index (χ1v) is 10.9. The summed E-state index contributed by atoms with van der Waals surface area (Å²) in [6.07, 6.45) is 2.17. The van der Waals surface area contributed by atoms with Crippen LogP contribution in [0.4, 0.5) is 5.13 Å². The molecule has 3 aromatic rings. The van der Waals surface area contributed by atoms with E-state index in [1.807, 2.05) is 37.3 Å². The normalized spacial score (nSPS) is 11.8. The van der Waals surface area contributed by atoms with Gasteiger partial charge in [0.15, 0.2) is 0 Å². The molecule has 0 aliphatic heterocycles. The van der Waals surface area contributed by atoms with Crippen LogP contribution in [-0.4, -0.2) is 22.7 Å². The van der Waals surface area contributed by atoms with Gasteiger partial charge in [0.1, 0.15) is 10.8 Å². The Morgan fingerprint density at radius 1 is 1.17 bits per heavy atom. The molecular formula is C21H21Cl2N3O2S. The molecule has 1 heterocycles. The summed E-state index contributed by atoms with van der Waals surface area (Å²) in [4.78, 5) is 12.6. The number of carbonyl (C=O) groups is 1. The Kier molecular flexibility index (Phi) is 7.86. The largest absolute Gasteiger partial charge is 0.492 e. The van der Waals surface area contributed by atoms with Crippen LogP contribution in [0.25, 0.3) is 0 Å². The van der Waals surface area contributed by atoms with E-state index in [0.29, 0.717) is 40.4 Å². The predicted octanol–water partition coefficient (Wildman–Crippen LogP) is 5.99. The Morgan fingerprint density at radius 2 is 1.97 bits per heavy atom. The average Bonchev–Trinajstić information content (AvgIpc) is 3.15. The number of aromatic nitrogens is 2. The van der Waals surface area contributed by atoms with Gasteiger partial charge in [-0.2, -0.15) is 0 Å². The highest BCUT2D eigenvalue weighted by molar-refractivity contribution is 7.15. The minimum Gasteiger partial charge on any atom is -0.492 e. The number of anilines is 1. The van der Waals surface area contributed by atoms with Gasteiger partial charge in [-0.05, 0) is 36.6 Å². The highest BCUT2D eigenvalue weighted by Gasteiger charge is 2.20. The van der Waals surface area contributed by atoms with Crippen LogP contribution in [0, 0.1) is 0 Å². The summed E-state index contributed by atoms with van der Waals surface area (Å²) in [6.45, 7) is 2.49. The van der Waals surface area contributed by atoms with Gasteiger partial charge in [-0.3, -0.25) is 10.1 Å². The number of aryl methyl sites for hydroxylation is 1. The Hall–Kier alpha value is -2.15. The third-order valence-corrected chi connectivity index (χ3v) is 5.74. The van der Waals surface area contributed by atoms with E-state index in [1.165, 1.54) is 11.3 Å². The molecule has 1 atom stereocenters. The molecule has 1 amide bonds. The molecule has 0 spiro atoms. The quantitative estimate of drug-likeness (QED) is 0.407. The van der Waals surface area contributed by atoms with Crippen molar-refractivity contribution in [2.75, 3.05) is 11.9 Å². The number of rotatable bonds is 9. The second kappa shape index (κ2) is 10.6. The molecule has 0 aliphatic rings. The number of hydrogen-bond acceptors (Lipinski definition) is 5. The molecule has 8 heteroatoms. The number of hydrogen-bond donors (Lipinski definition) is 1. The highest BCUT2D eigenvalue weighted by Crippen LogP contribution is 2.28. The fraction of sp³-hybridized carbons (Fsp3) is 0.286. The van der Waals surface area contributed by atoms with E-state index in [4.69, 9.17) is 27.9 Å². The molecule has 1 aromatic heterocycles. The summed E-state index contributed by atoms with van der Waals surface area (Å²) < 4.78 is 5.68. The lowest BCUT2D eigenvalue weighted by atomic mass is 9.96. The Bertz CT molecular complexity index is 950. The lowest BCUT2D eigenvalue weighted by Gasteiger charge is -2.13. The Balaban J connectivity index is 1.48. The summed E-state index contributed by atoms with van der Waals surface area (Å²) in [7, 11) is 0. The fourth-order valence-electron chi connectivity index (χ4n) is 2.85. The zero-order valence-corrected chi connectivity index (χ0v) is 18.2. The van der Waals surface area contributed by atoms with Crippen molar-refractivity contribution in [3.63, 3.8) is 0 Å². The van der Waals surface area contributed by atoms with Gasteiger partial charge in [0.25, 0.3) is 0 Å². The van der Waals surface area contributed by atoms with E-state index in [2.05, 4.69) is 15.5 Å². The van der Waals surface area contributed by atoms with Gasteiger partial charge in [-0.25, -0.2) is 0 Å². The van der Waals surface area contributed by atoms with Crippen molar-refractivity contribution in [2.24, 2.45) is 0 Å². The van der Waals surface area contributed by atoms with Crippen LogP contribution in [0.5, 0.6) is 5.75 Å². The van der Waals surface area contributed by atoms with Gasteiger partial charge < -0.3 is 4.74 Å². The van der Waals surface area contributed by atoms with E-state index >= 15 is 0 Å². The van der Waals surface area contributed by atoms with E-state index in [0.717, 1.165) is 17.0 Å². The van der Waals surface area contributed by atoms with E-state index in [1.54, 1.807) is 18.2 Å². The monoisotopic (exact) mass is 449 g/mol. The molecule has 152 valence electrons. The van der Waals surface area contributed by atoms with Gasteiger partial charge in [0.05, 0.1) is 17.5 Å². The van der Waals surface area contributed by atoms with Crippen LogP contribution in [0.3, 0.4) is 0 Å². The van der Waals surface area contributed by atoms with Crippen molar-refractivity contribution in [1.82, 2.24) is 10.2 Å². The van der Waals surface area contributed by atoms with Crippen molar-refractivity contribution < 1.29 is 9.53 Å². The van der Waals surface area contributed by atoms with E-state index in [-0.39, 0.29) is 11.8 Å². The first kappa shape index (κ1) is 21.6. The number of carbonyl (C=O) groups excluding carboxylic acids is 1. The molecule has 0 saturated carbocycles. The first-order valence-electron chi connectivity index (χ1n) is 9.33. The molecule has 1 unspecified atom stereocenters. The number of benzene rings is 2.